The van der Waals surface area contributed by atoms with Crippen LogP contribution in [0, 0.1) is 6.92 Å². The summed E-state index contributed by atoms with van der Waals surface area (Å²) in [5.74, 6) is 0.170. The van der Waals surface area contributed by atoms with Gasteiger partial charge in [0.05, 0.1) is 13.7 Å². The van der Waals surface area contributed by atoms with Gasteiger partial charge in [-0.05, 0) is 31.2 Å². The lowest BCUT2D eigenvalue weighted by atomic mass is 10.2. The number of aromatic nitrogens is 1. The van der Waals surface area contributed by atoms with Gasteiger partial charge in [-0.15, -0.1) is 11.3 Å². The lowest BCUT2D eigenvalue weighted by Crippen LogP contribution is -2.23. The topological polar surface area (TPSA) is 51.2 Å². The van der Waals surface area contributed by atoms with Crippen LogP contribution in [0.4, 0.5) is 0 Å². The van der Waals surface area contributed by atoms with E-state index in [0.717, 1.165) is 4.88 Å². The van der Waals surface area contributed by atoms with Crippen LogP contribution in [0.1, 0.15) is 20.1 Å². The number of nitrogens with zero attached hydrogens (tertiary/aromatic N) is 1. The number of thiophene rings is 1. The van der Waals surface area contributed by atoms with Crippen molar-refractivity contribution in [1.29, 1.82) is 0 Å². The van der Waals surface area contributed by atoms with Gasteiger partial charge in [0, 0.05) is 16.0 Å². The summed E-state index contributed by atoms with van der Waals surface area (Å²) in [6.45, 7) is 2.57. The highest BCUT2D eigenvalue weighted by Gasteiger charge is 2.12. The summed E-state index contributed by atoms with van der Waals surface area (Å²) in [5.41, 5.74) is 0.452. The molecule has 94 valence electrons. The Bertz CT molecular complexity index is 551. The Kier molecular flexibility index (Phi) is 3.94. The molecule has 5 heteroatoms. The molecule has 0 radical (unpaired) electrons. The van der Waals surface area contributed by atoms with Crippen LogP contribution in [-0.4, -0.2) is 18.0 Å². The third kappa shape index (κ3) is 2.87. The Morgan fingerprint density at radius 1 is 1.44 bits per heavy atom. The highest BCUT2D eigenvalue weighted by Crippen LogP contribution is 2.16. The fraction of sp³-hybridized carbons (Fsp3) is 0.231. The zero-order chi connectivity index (χ0) is 13.0. The van der Waals surface area contributed by atoms with Gasteiger partial charge in [0.15, 0.2) is 0 Å². The van der Waals surface area contributed by atoms with E-state index in [1.54, 1.807) is 29.7 Å². The molecule has 0 atom stereocenters. The molecule has 0 saturated carbocycles. The number of carbonyl (C=O) groups excluding carboxylic acids is 1. The molecule has 0 aromatic carbocycles. The third-order valence-electron chi connectivity index (χ3n) is 2.43. The van der Waals surface area contributed by atoms with Gasteiger partial charge in [-0.1, -0.05) is 0 Å². The Morgan fingerprint density at radius 3 is 2.94 bits per heavy atom. The molecule has 18 heavy (non-hydrogen) atoms. The van der Waals surface area contributed by atoms with Crippen molar-refractivity contribution in [3.8, 4) is 5.88 Å². The summed E-state index contributed by atoms with van der Waals surface area (Å²) in [7, 11) is 1.50. The van der Waals surface area contributed by atoms with E-state index in [2.05, 4.69) is 10.3 Å². The van der Waals surface area contributed by atoms with Gasteiger partial charge < -0.3 is 10.1 Å². The maximum absolute atomic E-state index is 12.0. The van der Waals surface area contributed by atoms with Crippen LogP contribution in [0.3, 0.4) is 0 Å². The van der Waals surface area contributed by atoms with Crippen LogP contribution < -0.4 is 10.1 Å². The van der Waals surface area contributed by atoms with Gasteiger partial charge in [-0.2, -0.15) is 0 Å². The van der Waals surface area contributed by atoms with Gasteiger partial charge in [0.25, 0.3) is 5.91 Å². The summed E-state index contributed by atoms with van der Waals surface area (Å²) in [6, 6.07) is 7.46. The van der Waals surface area contributed by atoms with E-state index in [0.29, 0.717) is 18.0 Å². The van der Waals surface area contributed by atoms with Crippen LogP contribution in [0.15, 0.2) is 30.5 Å². The Balaban J connectivity index is 2.03. The predicted octanol–water partition coefficient (Wildman–Crippen LogP) is 2.39. The average Bonchev–Trinajstić information content (AvgIpc) is 2.81. The molecule has 1 amide bonds. The van der Waals surface area contributed by atoms with Crippen molar-refractivity contribution in [2.45, 2.75) is 13.5 Å². The number of rotatable bonds is 4. The van der Waals surface area contributed by atoms with Crippen molar-refractivity contribution in [2.24, 2.45) is 0 Å². The Labute approximate surface area is 110 Å². The van der Waals surface area contributed by atoms with E-state index >= 15 is 0 Å². The SMILES string of the molecule is COc1ncccc1C(=O)NCc1ccc(C)s1. The quantitative estimate of drug-likeness (QED) is 0.920. The van der Waals surface area contributed by atoms with Crippen molar-refractivity contribution in [3.63, 3.8) is 0 Å². The monoisotopic (exact) mass is 262 g/mol. The Morgan fingerprint density at radius 2 is 2.28 bits per heavy atom. The third-order valence-corrected chi connectivity index (χ3v) is 3.43. The fourth-order valence-electron chi connectivity index (χ4n) is 1.57. The van der Waals surface area contributed by atoms with Crippen LogP contribution in [0.5, 0.6) is 5.88 Å². The number of hydrogen-bond donors (Lipinski definition) is 1. The Hall–Kier alpha value is -1.88. The number of carbonyl (C=O) groups is 1. The molecule has 2 aromatic rings. The normalized spacial score (nSPS) is 10.1. The second-order valence-electron chi connectivity index (χ2n) is 3.76. The summed E-state index contributed by atoms with van der Waals surface area (Å²) >= 11 is 1.67. The van der Waals surface area contributed by atoms with Crippen LogP contribution >= 0.6 is 11.3 Å². The van der Waals surface area contributed by atoms with Crippen LogP contribution in [-0.2, 0) is 6.54 Å². The molecule has 4 nitrogen and oxygen atoms in total. The highest BCUT2D eigenvalue weighted by atomic mass is 32.1. The van der Waals surface area contributed by atoms with E-state index in [1.807, 2.05) is 19.1 Å². The van der Waals surface area contributed by atoms with E-state index < -0.39 is 0 Å². The van der Waals surface area contributed by atoms with Crippen molar-refractivity contribution in [1.82, 2.24) is 10.3 Å². The van der Waals surface area contributed by atoms with Crippen LogP contribution in [0.2, 0.25) is 0 Å². The van der Waals surface area contributed by atoms with Crippen molar-refractivity contribution in [2.75, 3.05) is 7.11 Å². The molecule has 0 bridgehead atoms. The molecule has 0 aliphatic carbocycles. The van der Waals surface area contributed by atoms with Gasteiger partial charge in [-0.3, -0.25) is 4.79 Å². The zero-order valence-electron chi connectivity index (χ0n) is 10.3. The maximum Gasteiger partial charge on any atom is 0.257 e. The highest BCUT2D eigenvalue weighted by molar-refractivity contribution is 7.11. The summed E-state index contributed by atoms with van der Waals surface area (Å²) < 4.78 is 5.05. The smallest absolute Gasteiger partial charge is 0.257 e. The van der Waals surface area contributed by atoms with E-state index in [4.69, 9.17) is 4.74 Å². The standard InChI is InChI=1S/C13H14N2O2S/c1-9-5-6-10(18-9)8-15-12(16)11-4-3-7-14-13(11)17-2/h3-7H,8H2,1-2H3,(H,15,16). The van der Waals surface area contributed by atoms with Crippen molar-refractivity contribution < 1.29 is 9.53 Å². The molecule has 0 unspecified atom stereocenters. The van der Waals surface area contributed by atoms with Crippen molar-refractivity contribution in [3.05, 3.63) is 45.8 Å². The molecule has 0 fully saturated rings. The molecule has 0 spiro atoms. The summed E-state index contributed by atoms with van der Waals surface area (Å²) in [4.78, 5) is 18.3. The van der Waals surface area contributed by atoms with Gasteiger partial charge in [-0.25, -0.2) is 4.98 Å². The summed E-state index contributed by atoms with van der Waals surface area (Å²) in [5, 5.41) is 2.85. The maximum atomic E-state index is 12.0. The van der Waals surface area contributed by atoms with Gasteiger partial charge in [0.1, 0.15) is 5.56 Å². The first-order chi connectivity index (χ1) is 8.70. The molecule has 2 rings (SSSR count). The molecule has 0 aliphatic rings. The van der Waals surface area contributed by atoms with Crippen molar-refractivity contribution >= 4 is 17.2 Å². The lowest BCUT2D eigenvalue weighted by Gasteiger charge is -2.07. The first-order valence-electron chi connectivity index (χ1n) is 5.53. The number of nitrogens with one attached hydrogen (secondary N) is 1. The van der Waals surface area contributed by atoms with Gasteiger partial charge >= 0.3 is 0 Å². The number of methoxy groups -OCH3 is 1. The first kappa shape index (κ1) is 12.6. The van der Waals surface area contributed by atoms with E-state index in [1.165, 1.54) is 12.0 Å². The van der Waals surface area contributed by atoms with Gasteiger partial charge in [0.2, 0.25) is 5.88 Å². The number of pyridine rings is 1. The minimum Gasteiger partial charge on any atom is -0.480 e. The number of amides is 1. The number of hydrogen-bond acceptors (Lipinski definition) is 4. The van der Waals surface area contributed by atoms with E-state index in [9.17, 15) is 4.79 Å². The van der Waals surface area contributed by atoms with E-state index in [-0.39, 0.29) is 5.91 Å². The lowest BCUT2D eigenvalue weighted by molar-refractivity contribution is 0.0947. The minimum atomic E-state index is -0.175. The fourth-order valence-corrected chi connectivity index (χ4v) is 2.40. The predicted molar refractivity (Wildman–Crippen MR) is 71.0 cm³/mol. The molecular weight excluding hydrogens is 248 g/mol. The second-order valence-corrected chi connectivity index (χ2v) is 5.13. The molecule has 2 heterocycles. The first-order valence-corrected chi connectivity index (χ1v) is 6.35. The molecule has 0 aliphatic heterocycles. The average molecular weight is 262 g/mol. The second kappa shape index (κ2) is 5.64. The molecule has 2 aromatic heterocycles. The largest absolute Gasteiger partial charge is 0.480 e. The van der Waals surface area contributed by atoms with Crippen LogP contribution in [0.25, 0.3) is 0 Å². The molecular formula is C13H14N2O2S. The molecule has 0 saturated heterocycles. The zero-order valence-corrected chi connectivity index (χ0v) is 11.1. The molecule has 1 N–H and O–H groups in total. The summed E-state index contributed by atoms with van der Waals surface area (Å²) in [6.07, 6.45) is 1.60. The number of aryl methyl sites for hydroxylation is 1. The number of ether oxygens (including phenoxy) is 1. The minimum absolute atomic E-state index is 0.175.